The Hall–Kier alpha value is -1.11. The number of likely N-dealkylation sites (N-methyl/N-ethyl adjacent to an activating group) is 1. The molecular formula is C14H15ClFN3OS. The number of rotatable bonds is 4. The summed E-state index contributed by atoms with van der Waals surface area (Å²) in [5, 5.41) is 7.71. The van der Waals surface area contributed by atoms with Crippen LogP contribution in [0.1, 0.15) is 18.7 Å². The fourth-order valence-electron chi connectivity index (χ4n) is 2.43. The molecule has 0 radical (unpaired) electrons. The Bertz CT molecular complexity index is 636. The van der Waals surface area contributed by atoms with E-state index < -0.39 is 0 Å². The van der Waals surface area contributed by atoms with Gasteiger partial charge in [-0.25, -0.2) is 4.39 Å². The molecule has 0 spiro atoms. The maximum atomic E-state index is 13.1. The highest BCUT2D eigenvalue weighted by atomic mass is 35.5. The van der Waals surface area contributed by atoms with Gasteiger partial charge in [-0.05, 0) is 24.7 Å². The Morgan fingerprint density at radius 2 is 2.33 bits per heavy atom. The van der Waals surface area contributed by atoms with Crippen molar-refractivity contribution in [2.45, 2.75) is 18.9 Å². The van der Waals surface area contributed by atoms with Gasteiger partial charge >= 0.3 is 0 Å². The minimum atomic E-state index is -0.383. The van der Waals surface area contributed by atoms with E-state index in [1.165, 1.54) is 12.1 Å². The average molecular weight is 328 g/mol. The van der Waals surface area contributed by atoms with Crippen LogP contribution in [0.25, 0.3) is 11.4 Å². The topological polar surface area (TPSA) is 51.0 Å². The first-order valence-corrected chi connectivity index (χ1v) is 8.32. The predicted molar refractivity (Wildman–Crippen MR) is 82.2 cm³/mol. The number of hydrogen-bond acceptors (Lipinski definition) is 5. The summed E-state index contributed by atoms with van der Waals surface area (Å²) in [5.41, 5.74) is 0.582. The fraction of sp³-hybridized carbons (Fsp3) is 0.429. The molecular weight excluding hydrogens is 313 g/mol. The van der Waals surface area contributed by atoms with E-state index in [0.29, 0.717) is 23.3 Å². The summed E-state index contributed by atoms with van der Waals surface area (Å²) in [6.07, 6.45) is 0. The molecule has 0 aliphatic carbocycles. The van der Waals surface area contributed by atoms with Crippen molar-refractivity contribution < 1.29 is 8.91 Å². The zero-order valence-electron chi connectivity index (χ0n) is 11.5. The van der Waals surface area contributed by atoms with E-state index in [4.69, 9.17) is 16.1 Å². The summed E-state index contributed by atoms with van der Waals surface area (Å²) in [6, 6.07) is 4.50. The summed E-state index contributed by atoms with van der Waals surface area (Å²) >= 11 is 7.90. The van der Waals surface area contributed by atoms with Crippen LogP contribution in [0.3, 0.4) is 0 Å². The third-order valence-corrected chi connectivity index (χ3v) is 4.98. The lowest BCUT2D eigenvalue weighted by molar-refractivity contribution is 0.340. The Balaban J connectivity index is 1.86. The highest BCUT2D eigenvalue weighted by Gasteiger charge is 2.33. The van der Waals surface area contributed by atoms with Crippen LogP contribution in [-0.4, -0.2) is 34.2 Å². The molecule has 1 saturated heterocycles. The normalized spacial score (nSPS) is 21.9. The van der Waals surface area contributed by atoms with Gasteiger partial charge in [-0.1, -0.05) is 23.7 Å². The summed E-state index contributed by atoms with van der Waals surface area (Å²) in [7, 11) is 0. The van der Waals surface area contributed by atoms with Gasteiger partial charge in [-0.15, -0.1) is 0 Å². The predicted octanol–water partition coefficient (Wildman–Crippen LogP) is 3.34. The summed E-state index contributed by atoms with van der Waals surface area (Å²) in [6.45, 7) is 2.99. The number of thioether (sulfide) groups is 1. The van der Waals surface area contributed by atoms with Gasteiger partial charge in [-0.2, -0.15) is 16.7 Å². The average Bonchev–Trinajstić information content (AvgIpc) is 3.07. The summed E-state index contributed by atoms with van der Waals surface area (Å²) in [5.74, 6) is 2.83. The van der Waals surface area contributed by atoms with Crippen molar-refractivity contribution in [2.75, 3.05) is 18.1 Å². The van der Waals surface area contributed by atoms with E-state index in [0.717, 1.165) is 18.1 Å². The van der Waals surface area contributed by atoms with Crippen LogP contribution in [-0.2, 0) is 0 Å². The van der Waals surface area contributed by atoms with Crippen LogP contribution in [0.15, 0.2) is 22.7 Å². The lowest BCUT2D eigenvalue weighted by Crippen LogP contribution is -2.34. The molecule has 1 aliphatic rings. The van der Waals surface area contributed by atoms with Crippen molar-refractivity contribution in [3.05, 3.63) is 34.9 Å². The number of halogens is 2. The molecule has 7 heteroatoms. The summed E-state index contributed by atoms with van der Waals surface area (Å²) < 4.78 is 18.5. The van der Waals surface area contributed by atoms with Gasteiger partial charge in [0.1, 0.15) is 5.82 Å². The van der Waals surface area contributed by atoms with Gasteiger partial charge in [0.2, 0.25) is 11.7 Å². The lowest BCUT2D eigenvalue weighted by atomic mass is 10.0. The summed E-state index contributed by atoms with van der Waals surface area (Å²) in [4.78, 5) is 4.45. The molecule has 0 bridgehead atoms. The van der Waals surface area contributed by atoms with Crippen LogP contribution in [0.5, 0.6) is 0 Å². The van der Waals surface area contributed by atoms with Crippen molar-refractivity contribution in [1.29, 1.82) is 0 Å². The van der Waals surface area contributed by atoms with Crippen LogP contribution in [0.2, 0.25) is 5.02 Å². The first kappa shape index (κ1) is 14.8. The number of hydrogen-bond donors (Lipinski definition) is 1. The molecule has 1 aliphatic heterocycles. The monoisotopic (exact) mass is 327 g/mol. The van der Waals surface area contributed by atoms with Crippen molar-refractivity contribution in [3.63, 3.8) is 0 Å². The van der Waals surface area contributed by atoms with Crippen LogP contribution in [0, 0.1) is 5.82 Å². The standard InChI is InChI=1S/C14H15ClFN3OS/c1-2-17-12-7-21-6-10(12)14-18-13(19-20-14)9-4-3-8(16)5-11(9)15/h3-5,10,12,17H,2,6-7H2,1H3. The third-order valence-electron chi connectivity index (χ3n) is 3.48. The molecule has 0 saturated carbocycles. The smallest absolute Gasteiger partial charge is 0.232 e. The Labute approximate surface area is 131 Å². The van der Waals surface area contributed by atoms with Crippen molar-refractivity contribution in [2.24, 2.45) is 0 Å². The molecule has 2 aromatic rings. The second-order valence-electron chi connectivity index (χ2n) is 4.89. The number of nitrogens with one attached hydrogen (secondary N) is 1. The molecule has 1 aromatic carbocycles. The van der Waals surface area contributed by atoms with Crippen molar-refractivity contribution >= 4 is 23.4 Å². The van der Waals surface area contributed by atoms with E-state index in [1.54, 1.807) is 6.07 Å². The highest BCUT2D eigenvalue weighted by molar-refractivity contribution is 7.99. The molecule has 4 nitrogen and oxygen atoms in total. The molecule has 2 unspecified atom stereocenters. The zero-order chi connectivity index (χ0) is 14.8. The highest BCUT2D eigenvalue weighted by Crippen LogP contribution is 2.34. The molecule has 112 valence electrons. The molecule has 1 aromatic heterocycles. The second kappa shape index (κ2) is 6.34. The maximum Gasteiger partial charge on any atom is 0.232 e. The number of benzene rings is 1. The van der Waals surface area contributed by atoms with Gasteiger partial charge in [0.05, 0.1) is 10.9 Å². The lowest BCUT2D eigenvalue weighted by Gasteiger charge is -2.15. The Morgan fingerprint density at radius 3 is 3.10 bits per heavy atom. The SMILES string of the molecule is CCNC1CSCC1c1nc(-c2ccc(F)cc2Cl)no1. The first-order valence-electron chi connectivity index (χ1n) is 6.79. The molecule has 1 fully saturated rings. The molecule has 0 amide bonds. The van der Waals surface area contributed by atoms with Gasteiger partial charge < -0.3 is 9.84 Å². The van der Waals surface area contributed by atoms with Gasteiger partial charge in [0.25, 0.3) is 0 Å². The molecule has 21 heavy (non-hydrogen) atoms. The van der Waals surface area contributed by atoms with E-state index in [1.807, 2.05) is 11.8 Å². The van der Waals surface area contributed by atoms with Gasteiger partial charge in [0, 0.05) is 23.1 Å². The number of aromatic nitrogens is 2. The van der Waals surface area contributed by atoms with E-state index in [2.05, 4.69) is 22.4 Å². The van der Waals surface area contributed by atoms with Crippen LogP contribution >= 0.6 is 23.4 Å². The molecule has 1 N–H and O–H groups in total. The molecule has 2 atom stereocenters. The van der Waals surface area contributed by atoms with Crippen molar-refractivity contribution in [3.8, 4) is 11.4 Å². The third kappa shape index (κ3) is 3.07. The Morgan fingerprint density at radius 1 is 1.48 bits per heavy atom. The van der Waals surface area contributed by atoms with E-state index in [9.17, 15) is 4.39 Å². The van der Waals surface area contributed by atoms with Gasteiger partial charge in [0.15, 0.2) is 0 Å². The van der Waals surface area contributed by atoms with E-state index in [-0.39, 0.29) is 16.8 Å². The first-order chi connectivity index (χ1) is 10.2. The quantitative estimate of drug-likeness (QED) is 0.933. The zero-order valence-corrected chi connectivity index (χ0v) is 13.0. The van der Waals surface area contributed by atoms with Gasteiger partial charge in [-0.3, -0.25) is 0 Å². The van der Waals surface area contributed by atoms with Crippen LogP contribution in [0.4, 0.5) is 4.39 Å². The second-order valence-corrected chi connectivity index (χ2v) is 6.37. The minimum absolute atomic E-state index is 0.204. The minimum Gasteiger partial charge on any atom is -0.339 e. The number of nitrogens with zero attached hydrogens (tertiary/aromatic N) is 2. The van der Waals surface area contributed by atoms with Crippen molar-refractivity contribution in [1.82, 2.24) is 15.5 Å². The Kier molecular flexibility index (Phi) is 4.47. The molecule has 2 heterocycles. The van der Waals surface area contributed by atoms with E-state index >= 15 is 0 Å². The van der Waals surface area contributed by atoms with Crippen LogP contribution < -0.4 is 5.32 Å². The fourth-order valence-corrected chi connectivity index (χ4v) is 4.05. The maximum absolute atomic E-state index is 13.1. The largest absolute Gasteiger partial charge is 0.339 e. The molecule has 3 rings (SSSR count).